The van der Waals surface area contributed by atoms with Crippen molar-refractivity contribution in [3.8, 4) is 5.69 Å². The summed E-state index contributed by atoms with van der Waals surface area (Å²) in [5, 5.41) is 4.12. The molecule has 2 aromatic heterocycles. The van der Waals surface area contributed by atoms with Crippen LogP contribution in [-0.4, -0.2) is 27.4 Å². The van der Waals surface area contributed by atoms with Crippen molar-refractivity contribution in [3.63, 3.8) is 0 Å². The second kappa shape index (κ2) is 5.53. The fourth-order valence-corrected chi connectivity index (χ4v) is 2.58. The number of urea groups is 1. The van der Waals surface area contributed by atoms with Gasteiger partial charge in [-0.05, 0) is 43.7 Å². The third-order valence-electron chi connectivity index (χ3n) is 3.62. The Morgan fingerprint density at radius 1 is 1.13 bits per heavy atom. The summed E-state index contributed by atoms with van der Waals surface area (Å²) in [5.41, 5.74) is 3.31. The Kier molecular flexibility index (Phi) is 3.53. The minimum absolute atomic E-state index is 0.101. The fourth-order valence-electron chi connectivity index (χ4n) is 2.58. The van der Waals surface area contributed by atoms with E-state index < -0.39 is 17.8 Å². The van der Waals surface area contributed by atoms with Gasteiger partial charge >= 0.3 is 6.03 Å². The molecule has 23 heavy (non-hydrogen) atoms. The molecule has 7 heteroatoms. The number of imide groups is 2. The summed E-state index contributed by atoms with van der Waals surface area (Å²) in [5.74, 6) is -1.41. The normalized spacial score (nSPS) is 14.5. The van der Waals surface area contributed by atoms with Crippen LogP contribution in [0.15, 0.2) is 36.2 Å². The summed E-state index contributed by atoms with van der Waals surface area (Å²) >= 11 is 0. The van der Waals surface area contributed by atoms with Crippen molar-refractivity contribution in [1.29, 1.82) is 0 Å². The molecule has 7 nitrogen and oxygen atoms in total. The second-order valence-corrected chi connectivity index (χ2v) is 5.17. The van der Waals surface area contributed by atoms with Gasteiger partial charge in [0.15, 0.2) is 0 Å². The molecular weight excluding hydrogens is 296 g/mol. The van der Waals surface area contributed by atoms with Crippen molar-refractivity contribution in [1.82, 2.24) is 20.2 Å². The largest absolute Gasteiger partial charge is 0.328 e. The number of hydrogen-bond acceptors (Lipinski definition) is 4. The van der Waals surface area contributed by atoms with Gasteiger partial charge in [0.1, 0.15) is 5.57 Å². The van der Waals surface area contributed by atoms with Crippen LogP contribution in [0, 0.1) is 13.8 Å². The zero-order valence-electron chi connectivity index (χ0n) is 12.6. The first kappa shape index (κ1) is 14.7. The number of carbonyl (C=O) groups excluding carboxylic acids is 3. The Morgan fingerprint density at radius 3 is 2.43 bits per heavy atom. The number of nitrogens with zero attached hydrogens (tertiary/aromatic N) is 2. The molecule has 2 N–H and O–H groups in total. The van der Waals surface area contributed by atoms with E-state index in [-0.39, 0.29) is 5.57 Å². The van der Waals surface area contributed by atoms with E-state index in [0.29, 0.717) is 0 Å². The van der Waals surface area contributed by atoms with E-state index in [1.54, 1.807) is 12.4 Å². The summed E-state index contributed by atoms with van der Waals surface area (Å²) in [6, 6.07) is 4.81. The van der Waals surface area contributed by atoms with Crippen LogP contribution in [0.25, 0.3) is 11.8 Å². The Balaban J connectivity index is 2.06. The van der Waals surface area contributed by atoms with Gasteiger partial charge in [-0.1, -0.05) is 0 Å². The molecule has 4 amide bonds. The summed E-state index contributed by atoms with van der Waals surface area (Å²) in [6.45, 7) is 3.81. The van der Waals surface area contributed by atoms with E-state index in [0.717, 1.165) is 22.6 Å². The number of nitrogens with one attached hydrogen (secondary N) is 2. The minimum atomic E-state index is -0.807. The summed E-state index contributed by atoms with van der Waals surface area (Å²) in [7, 11) is 0. The molecule has 0 aliphatic carbocycles. The van der Waals surface area contributed by atoms with Gasteiger partial charge in [-0.3, -0.25) is 25.2 Å². The standard InChI is InChI=1S/C16H14N4O3/c1-9-6-11(7-13-14(21)18-16(23)19-15(13)22)10(2)20(9)12-4-3-5-17-8-12/h3-8H,1-2H3,(H2,18,19,21,22,23). The van der Waals surface area contributed by atoms with Gasteiger partial charge in [0, 0.05) is 17.6 Å². The zero-order valence-corrected chi connectivity index (χ0v) is 12.6. The van der Waals surface area contributed by atoms with Crippen molar-refractivity contribution < 1.29 is 14.4 Å². The maximum Gasteiger partial charge on any atom is 0.328 e. The van der Waals surface area contributed by atoms with Crippen molar-refractivity contribution in [2.75, 3.05) is 0 Å². The highest BCUT2D eigenvalue weighted by atomic mass is 16.2. The van der Waals surface area contributed by atoms with Gasteiger partial charge in [-0.25, -0.2) is 4.79 Å². The molecule has 1 aliphatic heterocycles. The van der Waals surface area contributed by atoms with Crippen LogP contribution >= 0.6 is 0 Å². The lowest BCUT2D eigenvalue weighted by molar-refractivity contribution is -0.123. The van der Waals surface area contributed by atoms with E-state index in [1.807, 2.05) is 36.6 Å². The molecule has 1 fully saturated rings. The van der Waals surface area contributed by atoms with Crippen molar-refractivity contribution in [3.05, 3.63) is 53.1 Å². The van der Waals surface area contributed by atoms with Crippen LogP contribution < -0.4 is 10.6 Å². The predicted octanol–water partition coefficient (Wildman–Crippen LogP) is 1.24. The van der Waals surface area contributed by atoms with Gasteiger partial charge in [0.05, 0.1) is 11.9 Å². The third kappa shape index (κ3) is 2.64. The van der Waals surface area contributed by atoms with Crippen molar-refractivity contribution >= 4 is 23.9 Å². The molecule has 1 aliphatic rings. The van der Waals surface area contributed by atoms with E-state index in [9.17, 15) is 14.4 Å². The minimum Gasteiger partial charge on any atom is -0.316 e. The SMILES string of the molecule is Cc1cc(C=C2C(=O)NC(=O)NC2=O)c(C)n1-c1cccnc1. The molecule has 0 radical (unpaired) electrons. The smallest absolute Gasteiger partial charge is 0.316 e. The molecule has 0 unspecified atom stereocenters. The third-order valence-corrected chi connectivity index (χ3v) is 3.62. The molecule has 0 saturated carbocycles. The highest BCUT2D eigenvalue weighted by Gasteiger charge is 2.28. The average Bonchev–Trinajstić information content (AvgIpc) is 2.78. The van der Waals surface area contributed by atoms with Crippen LogP contribution in [0.2, 0.25) is 0 Å². The maximum atomic E-state index is 11.8. The lowest BCUT2D eigenvalue weighted by Crippen LogP contribution is -2.51. The number of aromatic nitrogens is 2. The Morgan fingerprint density at radius 2 is 1.83 bits per heavy atom. The lowest BCUT2D eigenvalue weighted by Gasteiger charge is -2.14. The van der Waals surface area contributed by atoms with Crippen LogP contribution in [-0.2, 0) is 9.59 Å². The number of hydrogen-bond donors (Lipinski definition) is 2. The highest BCUT2D eigenvalue weighted by molar-refractivity contribution is 6.31. The number of amides is 4. The summed E-state index contributed by atoms with van der Waals surface area (Å²) in [6.07, 6.45) is 4.90. The maximum absolute atomic E-state index is 11.8. The van der Waals surface area contributed by atoms with Crippen molar-refractivity contribution in [2.24, 2.45) is 0 Å². The van der Waals surface area contributed by atoms with E-state index >= 15 is 0 Å². The van der Waals surface area contributed by atoms with E-state index in [1.165, 1.54) is 6.08 Å². The van der Waals surface area contributed by atoms with Gasteiger partial charge < -0.3 is 4.57 Å². The molecule has 3 rings (SSSR count). The Bertz CT molecular complexity index is 828. The van der Waals surface area contributed by atoms with Gasteiger partial charge in [-0.2, -0.15) is 0 Å². The van der Waals surface area contributed by atoms with E-state index in [2.05, 4.69) is 15.6 Å². The van der Waals surface area contributed by atoms with E-state index in [4.69, 9.17) is 0 Å². The number of barbiturate groups is 1. The van der Waals surface area contributed by atoms with Crippen molar-refractivity contribution in [2.45, 2.75) is 13.8 Å². The lowest BCUT2D eigenvalue weighted by atomic mass is 10.1. The zero-order chi connectivity index (χ0) is 16.6. The molecule has 0 aromatic carbocycles. The monoisotopic (exact) mass is 310 g/mol. The molecule has 0 bridgehead atoms. The number of rotatable bonds is 2. The first-order valence-corrected chi connectivity index (χ1v) is 6.95. The summed E-state index contributed by atoms with van der Waals surface area (Å²) in [4.78, 5) is 38.8. The van der Waals surface area contributed by atoms with Crippen LogP contribution in [0.4, 0.5) is 4.79 Å². The fraction of sp³-hybridized carbons (Fsp3) is 0.125. The molecule has 3 heterocycles. The molecule has 0 spiro atoms. The quantitative estimate of drug-likeness (QED) is 0.644. The summed E-state index contributed by atoms with van der Waals surface area (Å²) < 4.78 is 1.98. The Labute approximate surface area is 132 Å². The second-order valence-electron chi connectivity index (χ2n) is 5.17. The first-order chi connectivity index (χ1) is 11.0. The molecule has 2 aromatic rings. The van der Waals surface area contributed by atoms with Gasteiger partial charge in [0.2, 0.25) is 0 Å². The topological polar surface area (TPSA) is 93.1 Å². The average molecular weight is 310 g/mol. The Hall–Kier alpha value is -3.22. The van der Waals surface area contributed by atoms with Crippen LogP contribution in [0.3, 0.4) is 0 Å². The number of aryl methyl sites for hydroxylation is 1. The van der Waals surface area contributed by atoms with Gasteiger partial charge in [-0.15, -0.1) is 0 Å². The molecule has 0 atom stereocenters. The molecular formula is C16H14N4O3. The molecule has 1 saturated heterocycles. The molecule has 116 valence electrons. The highest BCUT2D eigenvalue weighted by Crippen LogP contribution is 2.22. The van der Waals surface area contributed by atoms with Gasteiger partial charge in [0.25, 0.3) is 11.8 Å². The number of carbonyl (C=O) groups is 3. The number of pyridine rings is 1. The van der Waals surface area contributed by atoms with Crippen LogP contribution in [0.1, 0.15) is 17.0 Å². The van der Waals surface area contributed by atoms with Crippen LogP contribution in [0.5, 0.6) is 0 Å². The predicted molar refractivity (Wildman–Crippen MR) is 82.7 cm³/mol. The first-order valence-electron chi connectivity index (χ1n) is 6.95.